The average molecular weight is 306 g/mol. The maximum Gasteiger partial charge on any atom is 0.103 e. The van der Waals surface area contributed by atoms with Gasteiger partial charge in [-0.3, -0.25) is 15.0 Å². The molecule has 3 nitrogen and oxygen atoms in total. The number of aromatic nitrogens is 2. The molecule has 0 bridgehead atoms. The number of nitrogens with zero attached hydrogens (tertiary/aromatic N) is 3. The molecule has 0 unspecified atom stereocenters. The van der Waals surface area contributed by atoms with Gasteiger partial charge in [-0.1, -0.05) is 13.5 Å². The first-order valence-electron chi connectivity index (χ1n) is 5.75. The van der Waals surface area contributed by atoms with Gasteiger partial charge in [-0.05, 0) is 40.4 Å². The quantitative estimate of drug-likeness (QED) is 0.846. The normalized spacial score (nSPS) is 14.4. The third-order valence-electron chi connectivity index (χ3n) is 3.01. The molecule has 1 aromatic heterocycles. The van der Waals surface area contributed by atoms with Crippen LogP contribution in [0.25, 0.3) is 11.0 Å². The third kappa shape index (κ3) is 2.43. The summed E-state index contributed by atoms with van der Waals surface area (Å²) in [5.41, 5.74) is 4.41. The van der Waals surface area contributed by atoms with Crippen molar-refractivity contribution in [3.05, 3.63) is 34.6 Å². The summed E-state index contributed by atoms with van der Waals surface area (Å²) < 4.78 is 1.05. The molecule has 0 spiro atoms. The van der Waals surface area contributed by atoms with Gasteiger partial charge in [-0.15, -0.1) is 0 Å². The summed E-state index contributed by atoms with van der Waals surface area (Å²) in [5.74, 6) is 0. The Morgan fingerprint density at radius 2 is 2.00 bits per heavy atom. The largest absolute Gasteiger partial charge is 0.294 e. The van der Waals surface area contributed by atoms with Crippen molar-refractivity contribution in [2.45, 2.75) is 26.7 Å². The van der Waals surface area contributed by atoms with Gasteiger partial charge in [0.1, 0.15) is 5.52 Å². The minimum Gasteiger partial charge on any atom is -0.294 e. The zero-order valence-electron chi connectivity index (χ0n) is 9.36. The average Bonchev–Trinajstić information content (AvgIpc) is 2.86. The summed E-state index contributed by atoms with van der Waals surface area (Å²) in [4.78, 5) is 13.2. The van der Waals surface area contributed by atoms with Gasteiger partial charge < -0.3 is 0 Å². The van der Waals surface area contributed by atoms with Gasteiger partial charge in [-0.2, -0.15) is 0 Å². The fourth-order valence-corrected chi connectivity index (χ4v) is 2.72. The fraction of sp³-hybridized carbons (Fsp3) is 0.357. The van der Waals surface area contributed by atoms with Crippen molar-refractivity contribution in [3.63, 3.8) is 0 Å². The van der Waals surface area contributed by atoms with Gasteiger partial charge in [0.15, 0.2) is 0 Å². The highest BCUT2D eigenvalue weighted by Gasteiger charge is 2.11. The highest BCUT2D eigenvalue weighted by Crippen LogP contribution is 2.26. The molecular formula is C14H16BrN3. The molecule has 0 saturated carbocycles. The van der Waals surface area contributed by atoms with Crippen LogP contribution in [0.4, 0.5) is 0 Å². The summed E-state index contributed by atoms with van der Waals surface area (Å²) >= 11 is 3.63. The zero-order valence-corrected chi connectivity index (χ0v) is 10.9. The first-order valence-corrected chi connectivity index (χ1v) is 6.54. The molecule has 0 atom stereocenters. The number of hydrogen-bond donors (Lipinski definition) is 0. The predicted octanol–water partition coefficient (Wildman–Crippen LogP) is 3.81. The molecule has 2 aromatic rings. The monoisotopic (exact) mass is 305 g/mol. The molecule has 2 heterocycles. The lowest BCUT2D eigenvalue weighted by molar-refractivity contribution is 0.949. The predicted molar refractivity (Wildman–Crippen MR) is 79.2 cm³/mol. The molecule has 0 fully saturated rings. The summed E-state index contributed by atoms with van der Waals surface area (Å²) in [6.07, 6.45) is 6.69. The van der Waals surface area contributed by atoms with Crippen LogP contribution in [-0.2, 0) is 6.42 Å². The van der Waals surface area contributed by atoms with Gasteiger partial charge in [0.2, 0.25) is 0 Å². The van der Waals surface area contributed by atoms with E-state index in [2.05, 4.69) is 37.0 Å². The van der Waals surface area contributed by atoms with E-state index in [1.54, 1.807) is 12.4 Å². The number of rotatable bonds is 2. The molecule has 0 aliphatic carbocycles. The second-order valence-corrected chi connectivity index (χ2v) is 4.98. The topological polar surface area (TPSA) is 38.1 Å². The van der Waals surface area contributed by atoms with Crippen molar-refractivity contribution in [1.29, 1.82) is 0 Å². The molecule has 94 valence electrons. The van der Waals surface area contributed by atoms with Gasteiger partial charge in [0.05, 0.1) is 5.52 Å². The van der Waals surface area contributed by atoms with Gasteiger partial charge >= 0.3 is 0 Å². The van der Waals surface area contributed by atoms with Crippen molar-refractivity contribution in [3.8, 4) is 0 Å². The van der Waals surface area contributed by atoms with Gasteiger partial charge in [0, 0.05) is 35.5 Å². The summed E-state index contributed by atoms with van der Waals surface area (Å²) in [5, 5.41) is 0. The Morgan fingerprint density at radius 1 is 1.17 bits per heavy atom. The molecule has 4 heteroatoms. The SMILES string of the molecule is Brc1c(CC2=NCCC2)ccc2nccnc12.C. The minimum atomic E-state index is 0. The first kappa shape index (κ1) is 13.1. The van der Waals surface area contributed by atoms with Gasteiger partial charge in [-0.25, -0.2) is 0 Å². The number of benzene rings is 1. The van der Waals surface area contributed by atoms with Gasteiger partial charge in [0.25, 0.3) is 0 Å². The fourth-order valence-electron chi connectivity index (χ4n) is 2.14. The second kappa shape index (κ2) is 5.57. The lowest BCUT2D eigenvalue weighted by Crippen LogP contribution is -2.00. The lowest BCUT2D eigenvalue weighted by atomic mass is 10.1. The standard InChI is InChI=1S/C13H12BrN3.CH4/c14-12-9(8-10-2-1-5-15-10)3-4-11-13(12)17-7-6-16-11;/h3-4,6-7H,1-2,5,8H2;1H4. The highest BCUT2D eigenvalue weighted by atomic mass is 79.9. The van der Waals surface area contributed by atoms with Crippen LogP contribution in [0.2, 0.25) is 0 Å². The van der Waals surface area contributed by atoms with Crippen LogP contribution in [0.15, 0.2) is 34.0 Å². The summed E-state index contributed by atoms with van der Waals surface area (Å²) in [6, 6.07) is 4.14. The van der Waals surface area contributed by atoms with Crippen molar-refractivity contribution >= 4 is 32.7 Å². The van der Waals surface area contributed by atoms with E-state index < -0.39 is 0 Å². The smallest absolute Gasteiger partial charge is 0.103 e. The molecule has 18 heavy (non-hydrogen) atoms. The Bertz CT molecular complexity index is 593. The third-order valence-corrected chi connectivity index (χ3v) is 3.90. The van der Waals surface area contributed by atoms with Crippen LogP contribution in [0.1, 0.15) is 25.8 Å². The van der Waals surface area contributed by atoms with Crippen molar-refractivity contribution in [2.75, 3.05) is 6.54 Å². The van der Waals surface area contributed by atoms with E-state index in [1.807, 2.05) is 6.07 Å². The Kier molecular flexibility index (Phi) is 4.07. The van der Waals surface area contributed by atoms with E-state index >= 15 is 0 Å². The Hall–Kier alpha value is -1.29. The maximum atomic E-state index is 4.51. The van der Waals surface area contributed by atoms with Crippen LogP contribution < -0.4 is 0 Å². The minimum absolute atomic E-state index is 0. The molecule has 0 saturated heterocycles. The van der Waals surface area contributed by atoms with Crippen molar-refractivity contribution in [1.82, 2.24) is 9.97 Å². The van der Waals surface area contributed by atoms with Crippen LogP contribution in [-0.4, -0.2) is 22.2 Å². The number of fused-ring (bicyclic) bond motifs is 1. The molecule has 3 rings (SSSR count). The van der Waals surface area contributed by atoms with E-state index in [9.17, 15) is 0 Å². The van der Waals surface area contributed by atoms with E-state index in [0.29, 0.717) is 0 Å². The molecule has 0 N–H and O–H groups in total. The molecule has 0 amide bonds. The van der Waals surface area contributed by atoms with Crippen LogP contribution >= 0.6 is 15.9 Å². The highest BCUT2D eigenvalue weighted by molar-refractivity contribution is 9.10. The number of halogens is 1. The Morgan fingerprint density at radius 3 is 2.78 bits per heavy atom. The Balaban J connectivity index is 0.00000120. The summed E-state index contributed by atoms with van der Waals surface area (Å²) in [7, 11) is 0. The van der Waals surface area contributed by atoms with Crippen LogP contribution in [0.3, 0.4) is 0 Å². The van der Waals surface area contributed by atoms with Crippen LogP contribution in [0.5, 0.6) is 0 Å². The molecular weight excluding hydrogens is 290 g/mol. The maximum absolute atomic E-state index is 4.51. The summed E-state index contributed by atoms with van der Waals surface area (Å²) in [6.45, 7) is 0.986. The van der Waals surface area contributed by atoms with E-state index in [0.717, 1.165) is 34.9 Å². The van der Waals surface area contributed by atoms with Crippen molar-refractivity contribution < 1.29 is 0 Å². The molecule has 1 aliphatic rings. The lowest BCUT2D eigenvalue weighted by Gasteiger charge is -2.06. The first-order chi connectivity index (χ1) is 8.34. The number of aliphatic imine (C=N–C) groups is 1. The van der Waals surface area contributed by atoms with Crippen molar-refractivity contribution in [2.24, 2.45) is 4.99 Å². The molecule has 1 aliphatic heterocycles. The Labute approximate surface area is 116 Å². The van der Waals surface area contributed by atoms with E-state index in [1.165, 1.54) is 17.7 Å². The molecule has 1 aromatic carbocycles. The van der Waals surface area contributed by atoms with E-state index in [-0.39, 0.29) is 7.43 Å². The zero-order chi connectivity index (χ0) is 11.7. The second-order valence-electron chi connectivity index (χ2n) is 4.19. The van der Waals surface area contributed by atoms with E-state index in [4.69, 9.17) is 0 Å². The number of hydrogen-bond acceptors (Lipinski definition) is 3. The van der Waals surface area contributed by atoms with Crippen LogP contribution in [0, 0.1) is 0 Å². The molecule has 0 radical (unpaired) electrons.